The number of esters is 1. The van der Waals surface area contributed by atoms with Gasteiger partial charge in [0.05, 0.1) is 17.7 Å². The molecule has 0 fully saturated rings. The fourth-order valence-electron chi connectivity index (χ4n) is 0.625. The lowest BCUT2D eigenvalue weighted by molar-refractivity contribution is -0.136. The van der Waals surface area contributed by atoms with E-state index >= 15 is 0 Å². The summed E-state index contributed by atoms with van der Waals surface area (Å²) in [6.07, 6.45) is 1.52. The van der Waals surface area contributed by atoms with Crippen LogP contribution in [0.5, 0.6) is 0 Å². The van der Waals surface area contributed by atoms with Crippen LogP contribution in [-0.4, -0.2) is 17.6 Å². The first-order valence-corrected chi connectivity index (χ1v) is 4.44. The maximum atomic E-state index is 10.8. The van der Waals surface area contributed by atoms with Crippen LogP contribution < -0.4 is 5.73 Å². The van der Waals surface area contributed by atoms with E-state index in [9.17, 15) is 4.79 Å². The second-order valence-corrected chi connectivity index (χ2v) is 3.10. The summed E-state index contributed by atoms with van der Waals surface area (Å²) in [5.41, 5.74) is 5.37. The summed E-state index contributed by atoms with van der Waals surface area (Å²) in [5.74, 6) is 4.39. The summed E-state index contributed by atoms with van der Waals surface area (Å²) in [6.45, 7) is 2.06. The van der Waals surface area contributed by atoms with Crippen molar-refractivity contribution >= 4 is 22.4 Å². The van der Waals surface area contributed by atoms with Crippen molar-refractivity contribution < 1.29 is 9.53 Å². The van der Waals surface area contributed by atoms with Crippen LogP contribution in [0.15, 0.2) is 6.20 Å². The topological polar surface area (TPSA) is 65.2 Å². The van der Waals surface area contributed by atoms with Gasteiger partial charge >= 0.3 is 5.97 Å². The average Bonchev–Trinajstić information content (AvgIpc) is 2.49. The predicted octanol–water partition coefficient (Wildman–Crippen LogP) is 0.640. The van der Waals surface area contributed by atoms with Crippen molar-refractivity contribution in [3.63, 3.8) is 0 Å². The SMILES string of the molecule is CCOC(=O)C#Cc1cnc(N)s1. The van der Waals surface area contributed by atoms with E-state index in [1.165, 1.54) is 17.5 Å². The van der Waals surface area contributed by atoms with Gasteiger partial charge in [0.15, 0.2) is 5.13 Å². The number of hydrogen-bond donors (Lipinski definition) is 1. The van der Waals surface area contributed by atoms with Crippen LogP contribution in [0.4, 0.5) is 5.13 Å². The smallest absolute Gasteiger partial charge is 0.384 e. The van der Waals surface area contributed by atoms with E-state index in [0.717, 1.165) is 0 Å². The van der Waals surface area contributed by atoms with E-state index in [4.69, 9.17) is 5.73 Å². The van der Waals surface area contributed by atoms with Crippen molar-refractivity contribution in [2.75, 3.05) is 12.3 Å². The lowest BCUT2D eigenvalue weighted by Crippen LogP contribution is -1.99. The largest absolute Gasteiger partial charge is 0.456 e. The number of hydrogen-bond acceptors (Lipinski definition) is 5. The molecule has 0 saturated carbocycles. The summed E-state index contributed by atoms with van der Waals surface area (Å²) in [4.78, 5) is 15.2. The summed E-state index contributed by atoms with van der Waals surface area (Å²) in [7, 11) is 0. The molecule has 0 aromatic carbocycles. The van der Waals surface area contributed by atoms with E-state index in [0.29, 0.717) is 16.6 Å². The van der Waals surface area contributed by atoms with Gasteiger partial charge in [0.1, 0.15) is 0 Å². The Hall–Kier alpha value is -1.54. The van der Waals surface area contributed by atoms with Gasteiger partial charge in [-0.15, -0.1) is 0 Å². The number of thiazole rings is 1. The number of ether oxygens (including phenoxy) is 1. The highest BCUT2D eigenvalue weighted by Gasteiger charge is 1.95. The van der Waals surface area contributed by atoms with Gasteiger partial charge in [0.2, 0.25) is 0 Å². The third kappa shape index (κ3) is 3.13. The van der Waals surface area contributed by atoms with Gasteiger partial charge in [-0.3, -0.25) is 0 Å². The van der Waals surface area contributed by atoms with Gasteiger partial charge in [-0.2, -0.15) is 0 Å². The molecular formula is C8H8N2O2S. The Kier molecular flexibility index (Phi) is 3.29. The first-order chi connectivity index (χ1) is 6.22. The van der Waals surface area contributed by atoms with Crippen LogP contribution in [0.2, 0.25) is 0 Å². The molecular weight excluding hydrogens is 188 g/mol. The third-order valence-corrected chi connectivity index (χ3v) is 1.83. The van der Waals surface area contributed by atoms with Gasteiger partial charge in [0.25, 0.3) is 0 Å². The lowest BCUT2D eigenvalue weighted by atomic mass is 10.5. The second kappa shape index (κ2) is 4.48. The molecule has 4 nitrogen and oxygen atoms in total. The number of aromatic nitrogens is 1. The number of nitrogens with two attached hydrogens (primary N) is 1. The number of anilines is 1. The molecule has 0 amide bonds. The summed E-state index contributed by atoms with van der Waals surface area (Å²) in [6, 6.07) is 0. The van der Waals surface area contributed by atoms with Crippen LogP contribution in [0.25, 0.3) is 0 Å². The Bertz CT molecular complexity index is 362. The Morgan fingerprint density at radius 3 is 3.15 bits per heavy atom. The fourth-order valence-corrected chi connectivity index (χ4v) is 1.16. The molecule has 13 heavy (non-hydrogen) atoms. The molecule has 68 valence electrons. The number of nitrogens with zero attached hydrogens (tertiary/aromatic N) is 1. The van der Waals surface area contributed by atoms with Crippen molar-refractivity contribution in [1.29, 1.82) is 0 Å². The number of nitrogen functional groups attached to an aromatic ring is 1. The quantitative estimate of drug-likeness (QED) is 0.528. The van der Waals surface area contributed by atoms with E-state index in [1.54, 1.807) is 6.92 Å². The van der Waals surface area contributed by atoms with Gasteiger partial charge in [-0.05, 0) is 12.8 Å². The molecule has 0 aliphatic carbocycles. The minimum Gasteiger partial charge on any atom is -0.456 e. The fraction of sp³-hybridized carbons (Fsp3) is 0.250. The predicted molar refractivity (Wildman–Crippen MR) is 50.0 cm³/mol. The zero-order valence-electron chi connectivity index (χ0n) is 7.03. The molecule has 0 spiro atoms. The van der Waals surface area contributed by atoms with E-state index in [-0.39, 0.29) is 0 Å². The first-order valence-electron chi connectivity index (χ1n) is 3.62. The normalized spacial score (nSPS) is 8.69. The molecule has 5 heteroatoms. The lowest BCUT2D eigenvalue weighted by Gasteiger charge is -1.89. The summed E-state index contributed by atoms with van der Waals surface area (Å²) in [5, 5.41) is 0.438. The van der Waals surface area contributed by atoms with Crippen LogP contribution >= 0.6 is 11.3 Å². The van der Waals surface area contributed by atoms with Crippen molar-refractivity contribution in [1.82, 2.24) is 4.98 Å². The summed E-state index contributed by atoms with van der Waals surface area (Å²) >= 11 is 1.23. The van der Waals surface area contributed by atoms with Gasteiger partial charge < -0.3 is 10.5 Å². The van der Waals surface area contributed by atoms with E-state index in [2.05, 4.69) is 21.6 Å². The van der Waals surface area contributed by atoms with Crippen molar-refractivity contribution in [3.8, 4) is 11.8 Å². The molecule has 1 heterocycles. The zero-order chi connectivity index (χ0) is 9.68. The van der Waals surface area contributed by atoms with Gasteiger partial charge in [-0.25, -0.2) is 9.78 Å². The highest BCUT2D eigenvalue weighted by Crippen LogP contribution is 2.12. The zero-order valence-corrected chi connectivity index (χ0v) is 7.85. The Morgan fingerprint density at radius 2 is 2.62 bits per heavy atom. The maximum absolute atomic E-state index is 10.8. The molecule has 0 atom stereocenters. The van der Waals surface area contributed by atoms with Gasteiger partial charge in [0, 0.05) is 5.92 Å². The molecule has 0 saturated heterocycles. The molecule has 1 rings (SSSR count). The molecule has 0 radical (unpaired) electrons. The van der Waals surface area contributed by atoms with E-state index in [1.807, 2.05) is 0 Å². The van der Waals surface area contributed by atoms with Crippen LogP contribution in [0, 0.1) is 11.8 Å². The molecule has 0 unspecified atom stereocenters. The minimum absolute atomic E-state index is 0.332. The molecule has 0 aliphatic heterocycles. The van der Waals surface area contributed by atoms with Crippen molar-refractivity contribution in [2.45, 2.75) is 6.92 Å². The summed E-state index contributed by atoms with van der Waals surface area (Å²) < 4.78 is 4.61. The van der Waals surface area contributed by atoms with Crippen LogP contribution in [0.3, 0.4) is 0 Å². The highest BCUT2D eigenvalue weighted by atomic mass is 32.1. The van der Waals surface area contributed by atoms with Crippen molar-refractivity contribution in [3.05, 3.63) is 11.1 Å². The van der Waals surface area contributed by atoms with Crippen molar-refractivity contribution in [2.24, 2.45) is 0 Å². The van der Waals surface area contributed by atoms with Crippen LogP contribution in [0.1, 0.15) is 11.8 Å². The maximum Gasteiger partial charge on any atom is 0.384 e. The molecule has 2 N–H and O–H groups in total. The van der Waals surface area contributed by atoms with E-state index < -0.39 is 5.97 Å². The Morgan fingerprint density at radius 1 is 1.85 bits per heavy atom. The Balaban J connectivity index is 2.62. The average molecular weight is 196 g/mol. The van der Waals surface area contributed by atoms with Gasteiger partial charge in [-0.1, -0.05) is 11.3 Å². The molecule has 1 aromatic rings. The Labute approximate surface area is 79.7 Å². The highest BCUT2D eigenvalue weighted by molar-refractivity contribution is 7.15. The second-order valence-electron chi connectivity index (χ2n) is 2.03. The number of carbonyl (C=O) groups is 1. The molecule has 0 aliphatic rings. The minimum atomic E-state index is -0.533. The molecule has 0 bridgehead atoms. The number of rotatable bonds is 1. The van der Waals surface area contributed by atoms with Crippen LogP contribution in [-0.2, 0) is 9.53 Å². The number of carbonyl (C=O) groups excluding carboxylic acids is 1. The third-order valence-electron chi connectivity index (χ3n) is 1.09. The monoisotopic (exact) mass is 196 g/mol. The first kappa shape index (κ1) is 9.55. The molecule has 1 aromatic heterocycles. The standard InChI is InChI=1S/C8H8N2O2S/c1-2-12-7(11)4-3-6-5-10-8(9)13-6/h5H,2H2,1H3,(H2,9,10).